The Labute approximate surface area is 147 Å². The van der Waals surface area contributed by atoms with Gasteiger partial charge in [-0.1, -0.05) is 35.9 Å². The molecule has 0 saturated carbocycles. The molecule has 0 spiro atoms. The third kappa shape index (κ3) is 3.61. The summed E-state index contributed by atoms with van der Waals surface area (Å²) < 4.78 is 2.09. The Morgan fingerprint density at radius 1 is 1.17 bits per heavy atom. The standard InChI is InChI=1S/C19H22ClN3O/c1-13(21-10-9-14-3-5-15(12-24)6-4-14)19-22-17-8-7-16(20)11-18(17)23(19)2/h3-8,11,13,21,24H,9-10,12H2,1-2H3. The first-order valence-electron chi connectivity index (χ1n) is 8.12. The molecule has 1 aromatic heterocycles. The fraction of sp³-hybridized carbons (Fsp3) is 0.316. The summed E-state index contributed by atoms with van der Waals surface area (Å²) in [5, 5.41) is 13.3. The van der Waals surface area contributed by atoms with Gasteiger partial charge in [0, 0.05) is 12.1 Å². The van der Waals surface area contributed by atoms with Gasteiger partial charge in [0.15, 0.2) is 0 Å². The van der Waals surface area contributed by atoms with E-state index in [1.165, 1.54) is 5.56 Å². The van der Waals surface area contributed by atoms with Gasteiger partial charge >= 0.3 is 0 Å². The number of nitrogens with zero attached hydrogens (tertiary/aromatic N) is 2. The van der Waals surface area contributed by atoms with Gasteiger partial charge in [0.2, 0.25) is 0 Å². The molecule has 0 fully saturated rings. The first kappa shape index (κ1) is 17.0. The smallest absolute Gasteiger partial charge is 0.126 e. The number of halogens is 1. The van der Waals surface area contributed by atoms with Crippen molar-refractivity contribution in [3.8, 4) is 0 Å². The van der Waals surface area contributed by atoms with Crippen molar-refractivity contribution in [1.29, 1.82) is 0 Å². The van der Waals surface area contributed by atoms with Crippen molar-refractivity contribution in [2.24, 2.45) is 7.05 Å². The summed E-state index contributed by atoms with van der Waals surface area (Å²) in [6, 6.07) is 14.0. The van der Waals surface area contributed by atoms with Crippen LogP contribution in [0.1, 0.15) is 29.9 Å². The van der Waals surface area contributed by atoms with Crippen molar-refractivity contribution in [2.45, 2.75) is 26.0 Å². The maximum absolute atomic E-state index is 9.08. The van der Waals surface area contributed by atoms with E-state index in [0.717, 1.165) is 40.4 Å². The van der Waals surface area contributed by atoms with Crippen LogP contribution in [0.5, 0.6) is 0 Å². The molecule has 1 atom stereocenters. The van der Waals surface area contributed by atoms with Crippen LogP contribution in [0.3, 0.4) is 0 Å². The largest absolute Gasteiger partial charge is 0.392 e. The van der Waals surface area contributed by atoms with Crippen molar-refractivity contribution < 1.29 is 5.11 Å². The molecular weight excluding hydrogens is 322 g/mol. The number of aryl methyl sites for hydroxylation is 1. The number of hydrogen-bond acceptors (Lipinski definition) is 3. The van der Waals surface area contributed by atoms with E-state index in [2.05, 4.69) is 28.9 Å². The Morgan fingerprint density at radius 2 is 1.88 bits per heavy atom. The molecule has 2 N–H and O–H groups in total. The molecule has 0 amide bonds. The van der Waals surface area contributed by atoms with Crippen molar-refractivity contribution in [3.63, 3.8) is 0 Å². The molecule has 0 aliphatic heterocycles. The van der Waals surface area contributed by atoms with E-state index in [-0.39, 0.29) is 12.6 Å². The lowest BCUT2D eigenvalue weighted by Gasteiger charge is -2.14. The highest BCUT2D eigenvalue weighted by atomic mass is 35.5. The van der Waals surface area contributed by atoms with Crippen molar-refractivity contribution in [3.05, 3.63) is 64.4 Å². The summed E-state index contributed by atoms with van der Waals surface area (Å²) in [4.78, 5) is 4.72. The summed E-state index contributed by atoms with van der Waals surface area (Å²) in [6.45, 7) is 3.08. The van der Waals surface area contributed by atoms with E-state index in [1.54, 1.807) is 0 Å². The molecule has 0 bridgehead atoms. The number of imidazole rings is 1. The summed E-state index contributed by atoms with van der Waals surface area (Å²) in [5.41, 5.74) is 4.21. The first-order chi connectivity index (χ1) is 11.6. The van der Waals surface area contributed by atoms with Gasteiger partial charge in [-0.3, -0.25) is 0 Å². The van der Waals surface area contributed by atoms with E-state index in [9.17, 15) is 0 Å². The molecule has 5 heteroatoms. The molecule has 0 radical (unpaired) electrons. The third-order valence-electron chi connectivity index (χ3n) is 4.33. The highest BCUT2D eigenvalue weighted by Crippen LogP contribution is 2.22. The molecule has 3 aromatic rings. The predicted molar refractivity (Wildman–Crippen MR) is 98.2 cm³/mol. The monoisotopic (exact) mass is 343 g/mol. The van der Waals surface area contributed by atoms with Crippen molar-refractivity contribution in [2.75, 3.05) is 6.54 Å². The summed E-state index contributed by atoms with van der Waals surface area (Å²) >= 11 is 6.08. The SMILES string of the molecule is CC(NCCc1ccc(CO)cc1)c1nc2ccc(Cl)cc2n1C. The van der Waals surface area contributed by atoms with Gasteiger partial charge in [0.25, 0.3) is 0 Å². The van der Waals surface area contributed by atoms with Crippen LogP contribution >= 0.6 is 11.6 Å². The lowest BCUT2D eigenvalue weighted by Crippen LogP contribution is -2.23. The number of hydrogen-bond donors (Lipinski definition) is 2. The van der Waals surface area contributed by atoms with Crippen LogP contribution in [0.15, 0.2) is 42.5 Å². The molecule has 0 aliphatic rings. The fourth-order valence-corrected chi connectivity index (χ4v) is 3.07. The average Bonchev–Trinajstić information content (AvgIpc) is 2.92. The molecule has 3 rings (SSSR count). The lowest BCUT2D eigenvalue weighted by atomic mass is 10.1. The van der Waals surface area contributed by atoms with E-state index < -0.39 is 0 Å². The lowest BCUT2D eigenvalue weighted by molar-refractivity contribution is 0.282. The fourth-order valence-electron chi connectivity index (χ4n) is 2.90. The van der Waals surface area contributed by atoms with E-state index in [1.807, 2.05) is 37.4 Å². The summed E-state index contributed by atoms with van der Waals surface area (Å²) in [6.07, 6.45) is 0.936. The Balaban J connectivity index is 1.64. The van der Waals surface area contributed by atoms with Crippen LogP contribution in [-0.4, -0.2) is 21.2 Å². The van der Waals surface area contributed by atoms with E-state index in [4.69, 9.17) is 21.7 Å². The Morgan fingerprint density at radius 3 is 2.58 bits per heavy atom. The molecule has 1 unspecified atom stereocenters. The molecule has 4 nitrogen and oxygen atoms in total. The van der Waals surface area contributed by atoms with E-state index in [0.29, 0.717) is 0 Å². The Bertz CT molecular complexity index is 826. The third-order valence-corrected chi connectivity index (χ3v) is 4.57. The van der Waals surface area contributed by atoms with Crippen molar-refractivity contribution >= 4 is 22.6 Å². The number of fused-ring (bicyclic) bond motifs is 1. The number of aliphatic hydroxyl groups excluding tert-OH is 1. The minimum Gasteiger partial charge on any atom is -0.392 e. The van der Waals surface area contributed by atoms with Crippen LogP contribution < -0.4 is 5.32 Å². The first-order valence-corrected chi connectivity index (χ1v) is 8.50. The molecule has 2 aromatic carbocycles. The van der Waals surface area contributed by atoms with Gasteiger partial charge < -0.3 is 15.0 Å². The second-order valence-electron chi connectivity index (χ2n) is 6.06. The second-order valence-corrected chi connectivity index (χ2v) is 6.50. The molecule has 126 valence electrons. The minimum atomic E-state index is 0.0896. The van der Waals surface area contributed by atoms with Crippen LogP contribution in [0.4, 0.5) is 0 Å². The van der Waals surface area contributed by atoms with Crippen LogP contribution in [-0.2, 0) is 20.1 Å². The Kier molecular flexibility index (Phi) is 5.19. The maximum atomic E-state index is 9.08. The van der Waals surface area contributed by atoms with Crippen molar-refractivity contribution in [1.82, 2.24) is 14.9 Å². The summed E-state index contributed by atoms with van der Waals surface area (Å²) in [7, 11) is 2.02. The molecular formula is C19H22ClN3O. The highest BCUT2D eigenvalue weighted by Gasteiger charge is 2.14. The predicted octanol–water partition coefficient (Wildman–Crippen LogP) is 3.61. The number of rotatable bonds is 6. The van der Waals surface area contributed by atoms with Gasteiger partial charge in [0.05, 0.1) is 23.7 Å². The van der Waals surface area contributed by atoms with Crippen LogP contribution in [0.25, 0.3) is 11.0 Å². The van der Waals surface area contributed by atoms with Gasteiger partial charge in [-0.2, -0.15) is 0 Å². The number of aliphatic hydroxyl groups is 1. The Hall–Kier alpha value is -1.88. The molecule has 0 aliphatic carbocycles. The zero-order chi connectivity index (χ0) is 17.1. The zero-order valence-electron chi connectivity index (χ0n) is 14.0. The zero-order valence-corrected chi connectivity index (χ0v) is 14.7. The number of aromatic nitrogens is 2. The average molecular weight is 344 g/mol. The maximum Gasteiger partial charge on any atom is 0.126 e. The quantitative estimate of drug-likeness (QED) is 0.718. The van der Waals surface area contributed by atoms with E-state index >= 15 is 0 Å². The molecule has 24 heavy (non-hydrogen) atoms. The molecule has 1 heterocycles. The topological polar surface area (TPSA) is 50.1 Å². The summed E-state index contributed by atoms with van der Waals surface area (Å²) in [5.74, 6) is 1.00. The van der Waals surface area contributed by atoms with Crippen LogP contribution in [0.2, 0.25) is 5.02 Å². The van der Waals surface area contributed by atoms with Crippen LogP contribution in [0, 0.1) is 0 Å². The van der Waals surface area contributed by atoms with Gasteiger partial charge in [-0.15, -0.1) is 0 Å². The highest BCUT2D eigenvalue weighted by molar-refractivity contribution is 6.31. The minimum absolute atomic E-state index is 0.0896. The number of nitrogens with one attached hydrogen (secondary N) is 1. The van der Waals surface area contributed by atoms with Gasteiger partial charge in [-0.25, -0.2) is 4.98 Å². The normalized spacial score (nSPS) is 12.7. The van der Waals surface area contributed by atoms with Gasteiger partial charge in [0.1, 0.15) is 5.82 Å². The number of benzene rings is 2. The second kappa shape index (κ2) is 7.34. The molecule has 0 saturated heterocycles. The van der Waals surface area contributed by atoms with Gasteiger partial charge in [-0.05, 0) is 49.2 Å².